The van der Waals surface area contributed by atoms with Gasteiger partial charge in [-0.15, -0.1) is 0 Å². The van der Waals surface area contributed by atoms with E-state index in [2.05, 4.69) is 9.98 Å². The Kier molecular flexibility index (Phi) is 3.06. The van der Waals surface area contributed by atoms with Crippen molar-refractivity contribution in [3.8, 4) is 0 Å². The van der Waals surface area contributed by atoms with Crippen molar-refractivity contribution < 1.29 is 4.42 Å². The number of fused-ring (bicyclic) bond motifs is 3. The van der Waals surface area contributed by atoms with Crippen LogP contribution < -0.4 is 17.2 Å². The maximum atomic E-state index is 5.87. The van der Waals surface area contributed by atoms with Gasteiger partial charge < -0.3 is 21.6 Å². The normalized spacial score (nSPS) is 15.1. The van der Waals surface area contributed by atoms with Crippen LogP contribution in [0.2, 0.25) is 0 Å². The summed E-state index contributed by atoms with van der Waals surface area (Å²) in [7, 11) is 0. The lowest BCUT2D eigenvalue weighted by Gasteiger charge is -2.08. The third kappa shape index (κ3) is 2.32. The molecule has 6 heteroatoms. The third-order valence-corrected chi connectivity index (χ3v) is 3.43. The highest BCUT2D eigenvalue weighted by Gasteiger charge is 2.17. The first kappa shape index (κ1) is 12.5. The molecule has 20 heavy (non-hydrogen) atoms. The van der Waals surface area contributed by atoms with Crippen molar-refractivity contribution in [3.05, 3.63) is 29.5 Å². The molecule has 6 nitrogen and oxygen atoms in total. The smallest absolute Gasteiger partial charge is 0.223 e. The Hall–Kier alpha value is -2.50. The van der Waals surface area contributed by atoms with Crippen molar-refractivity contribution in [2.45, 2.75) is 25.7 Å². The van der Waals surface area contributed by atoms with E-state index in [1.54, 1.807) is 0 Å². The molecule has 1 heterocycles. The molecule has 1 aliphatic rings. The van der Waals surface area contributed by atoms with Gasteiger partial charge in [-0.1, -0.05) is 0 Å². The molecule has 3 rings (SSSR count). The molecule has 1 aliphatic carbocycles. The van der Waals surface area contributed by atoms with Gasteiger partial charge in [-0.3, -0.25) is 0 Å². The van der Waals surface area contributed by atoms with Gasteiger partial charge in [0.1, 0.15) is 11.3 Å². The van der Waals surface area contributed by atoms with Crippen LogP contribution in [0.15, 0.2) is 32.6 Å². The fourth-order valence-corrected chi connectivity index (χ4v) is 2.61. The van der Waals surface area contributed by atoms with Crippen LogP contribution in [0.4, 0.5) is 5.69 Å². The summed E-state index contributed by atoms with van der Waals surface area (Å²) < 4.78 is 5.87. The summed E-state index contributed by atoms with van der Waals surface area (Å²) in [6.07, 6.45) is 4.46. The summed E-state index contributed by atoms with van der Waals surface area (Å²) in [5.74, 6) is 1.04. The van der Waals surface area contributed by atoms with Gasteiger partial charge in [0.05, 0.1) is 5.69 Å². The Labute approximate surface area is 116 Å². The molecule has 0 amide bonds. The van der Waals surface area contributed by atoms with Gasteiger partial charge in [-0.2, -0.15) is 4.99 Å². The second kappa shape index (κ2) is 4.88. The number of guanidine groups is 2. The zero-order valence-corrected chi connectivity index (χ0v) is 11.1. The molecular formula is C14H17N5O. The minimum absolute atomic E-state index is 0.0433. The fourth-order valence-electron chi connectivity index (χ4n) is 2.61. The number of aryl methyl sites for hydroxylation is 2. The SMILES string of the molecule is NC(N)=NC(N)=Nc1ccc2oc3c(c2c1)CCCC3. The Morgan fingerprint density at radius 3 is 2.70 bits per heavy atom. The minimum atomic E-state index is -0.104. The van der Waals surface area contributed by atoms with E-state index in [1.165, 1.54) is 18.4 Å². The van der Waals surface area contributed by atoms with Crippen LogP contribution in [0.25, 0.3) is 11.0 Å². The van der Waals surface area contributed by atoms with Crippen LogP contribution in [-0.2, 0) is 12.8 Å². The van der Waals surface area contributed by atoms with Crippen LogP contribution in [0.1, 0.15) is 24.2 Å². The topological polar surface area (TPSA) is 116 Å². The lowest BCUT2D eigenvalue weighted by molar-refractivity contribution is 0.506. The standard InChI is InChI=1S/C14H17N5O/c15-13(16)19-14(17)18-8-5-6-12-10(7-8)9-3-1-2-4-11(9)20-12/h5-7H,1-4H2,(H6,15,16,17,18,19). The van der Waals surface area contributed by atoms with Gasteiger partial charge in [0, 0.05) is 17.4 Å². The van der Waals surface area contributed by atoms with Crippen molar-refractivity contribution in [1.29, 1.82) is 0 Å². The molecule has 104 valence electrons. The Morgan fingerprint density at radius 1 is 1.10 bits per heavy atom. The number of rotatable bonds is 1. The first-order chi connectivity index (χ1) is 9.63. The Morgan fingerprint density at radius 2 is 1.90 bits per heavy atom. The predicted molar refractivity (Wildman–Crippen MR) is 79.9 cm³/mol. The first-order valence-corrected chi connectivity index (χ1v) is 6.61. The van der Waals surface area contributed by atoms with Gasteiger partial charge in [-0.25, -0.2) is 4.99 Å². The van der Waals surface area contributed by atoms with E-state index in [-0.39, 0.29) is 11.9 Å². The predicted octanol–water partition coefficient (Wildman–Crippen LogP) is 1.53. The molecule has 0 saturated heterocycles. The summed E-state index contributed by atoms with van der Waals surface area (Å²) in [6, 6.07) is 5.72. The summed E-state index contributed by atoms with van der Waals surface area (Å²) >= 11 is 0. The van der Waals surface area contributed by atoms with Gasteiger partial charge in [-0.05, 0) is 37.5 Å². The monoisotopic (exact) mass is 271 g/mol. The molecule has 0 atom stereocenters. The zero-order chi connectivity index (χ0) is 14.1. The van der Waals surface area contributed by atoms with Gasteiger partial charge in [0.25, 0.3) is 0 Å². The maximum Gasteiger partial charge on any atom is 0.223 e. The lowest BCUT2D eigenvalue weighted by Crippen LogP contribution is -2.26. The number of hydrogen-bond acceptors (Lipinski definition) is 2. The highest BCUT2D eigenvalue weighted by atomic mass is 16.3. The Bertz CT molecular complexity index is 710. The Balaban J connectivity index is 2.04. The van der Waals surface area contributed by atoms with E-state index < -0.39 is 0 Å². The molecule has 0 unspecified atom stereocenters. The largest absolute Gasteiger partial charge is 0.461 e. The highest BCUT2D eigenvalue weighted by Crippen LogP contribution is 2.33. The van der Waals surface area contributed by atoms with Crippen LogP contribution in [-0.4, -0.2) is 11.9 Å². The summed E-state index contributed by atoms with van der Waals surface area (Å²) in [6.45, 7) is 0. The van der Waals surface area contributed by atoms with Crippen molar-refractivity contribution >= 4 is 28.6 Å². The molecule has 2 aromatic rings. The van der Waals surface area contributed by atoms with Crippen molar-refractivity contribution in [3.63, 3.8) is 0 Å². The second-order valence-electron chi connectivity index (χ2n) is 4.90. The summed E-state index contributed by atoms with van der Waals surface area (Å²) in [5, 5.41) is 1.11. The number of hydrogen-bond donors (Lipinski definition) is 3. The molecular weight excluding hydrogens is 254 g/mol. The number of aliphatic imine (C=N–C) groups is 2. The molecule has 0 aliphatic heterocycles. The average Bonchev–Trinajstić information content (AvgIpc) is 2.76. The summed E-state index contributed by atoms with van der Waals surface area (Å²) in [5.41, 5.74) is 19.1. The zero-order valence-electron chi connectivity index (χ0n) is 11.1. The van der Waals surface area contributed by atoms with Gasteiger partial charge in [0.15, 0.2) is 5.96 Å². The molecule has 0 bridgehead atoms. The third-order valence-electron chi connectivity index (χ3n) is 3.43. The van der Waals surface area contributed by atoms with Crippen LogP contribution in [0.5, 0.6) is 0 Å². The van der Waals surface area contributed by atoms with E-state index in [0.29, 0.717) is 5.69 Å². The van der Waals surface area contributed by atoms with Gasteiger partial charge >= 0.3 is 0 Å². The molecule has 0 radical (unpaired) electrons. The van der Waals surface area contributed by atoms with E-state index >= 15 is 0 Å². The van der Waals surface area contributed by atoms with Crippen molar-refractivity contribution in [2.24, 2.45) is 27.2 Å². The average molecular weight is 271 g/mol. The van der Waals surface area contributed by atoms with Crippen LogP contribution in [0.3, 0.4) is 0 Å². The van der Waals surface area contributed by atoms with E-state index in [4.69, 9.17) is 21.6 Å². The number of nitrogens with two attached hydrogens (primary N) is 3. The van der Waals surface area contributed by atoms with Crippen LogP contribution in [0, 0.1) is 0 Å². The van der Waals surface area contributed by atoms with E-state index in [1.807, 2.05) is 18.2 Å². The fraction of sp³-hybridized carbons (Fsp3) is 0.286. The van der Waals surface area contributed by atoms with Gasteiger partial charge in [0.2, 0.25) is 5.96 Å². The molecule has 0 spiro atoms. The molecule has 1 aromatic heterocycles. The lowest BCUT2D eigenvalue weighted by atomic mass is 9.96. The first-order valence-electron chi connectivity index (χ1n) is 6.61. The summed E-state index contributed by atoms with van der Waals surface area (Å²) in [4.78, 5) is 7.89. The van der Waals surface area contributed by atoms with Crippen LogP contribution >= 0.6 is 0 Å². The molecule has 0 fully saturated rings. The number of nitrogens with zero attached hydrogens (tertiary/aromatic N) is 2. The van der Waals surface area contributed by atoms with Crippen molar-refractivity contribution in [2.75, 3.05) is 0 Å². The van der Waals surface area contributed by atoms with Crippen molar-refractivity contribution in [1.82, 2.24) is 0 Å². The molecule has 1 aromatic carbocycles. The van der Waals surface area contributed by atoms with E-state index in [0.717, 1.165) is 29.6 Å². The quantitative estimate of drug-likeness (QED) is 0.538. The maximum absolute atomic E-state index is 5.87. The number of furan rings is 1. The molecule has 6 N–H and O–H groups in total. The highest BCUT2D eigenvalue weighted by molar-refractivity contribution is 5.94. The van der Waals surface area contributed by atoms with E-state index in [9.17, 15) is 0 Å². The number of benzene rings is 1. The minimum Gasteiger partial charge on any atom is -0.461 e. The second-order valence-corrected chi connectivity index (χ2v) is 4.90. The molecule has 0 saturated carbocycles.